The van der Waals surface area contributed by atoms with Crippen molar-refractivity contribution >= 4 is 0 Å². The minimum absolute atomic E-state index is 0.995. The van der Waals surface area contributed by atoms with Gasteiger partial charge in [0.15, 0.2) is 0 Å². The van der Waals surface area contributed by atoms with Crippen LogP contribution >= 0.6 is 0 Å². The highest BCUT2D eigenvalue weighted by atomic mass is 15.3. The van der Waals surface area contributed by atoms with Crippen LogP contribution in [0.4, 0.5) is 0 Å². The predicted molar refractivity (Wildman–Crippen MR) is 56.5 cm³/mol. The van der Waals surface area contributed by atoms with Gasteiger partial charge in [-0.3, -0.25) is 9.80 Å². The molecular weight excluding hydrogens is 160 g/mol. The molecule has 0 spiro atoms. The Bertz CT molecular complexity index is 231. The fourth-order valence-corrected chi connectivity index (χ4v) is 1.43. The molecule has 0 aromatic heterocycles. The second-order valence-electron chi connectivity index (χ2n) is 3.72. The summed E-state index contributed by atoms with van der Waals surface area (Å²) in [6, 6.07) is 10.5. The second-order valence-corrected chi connectivity index (χ2v) is 3.72. The first-order valence-corrected chi connectivity index (χ1v) is 4.55. The first kappa shape index (κ1) is 10.2. The minimum atomic E-state index is 0.995. The molecular formula is C11H18N2. The molecule has 0 N–H and O–H groups in total. The first-order chi connectivity index (χ1) is 6.18. The van der Waals surface area contributed by atoms with Gasteiger partial charge in [-0.1, -0.05) is 30.3 Å². The molecule has 72 valence electrons. The Kier molecular flexibility index (Phi) is 3.93. The van der Waals surface area contributed by atoms with E-state index in [9.17, 15) is 0 Å². The Balaban J connectivity index is 2.41. The van der Waals surface area contributed by atoms with Crippen LogP contribution in [-0.2, 0) is 6.54 Å². The molecule has 0 saturated carbocycles. The Morgan fingerprint density at radius 3 is 2.15 bits per heavy atom. The highest BCUT2D eigenvalue weighted by Crippen LogP contribution is 2.01. The van der Waals surface area contributed by atoms with Crippen LogP contribution in [0.1, 0.15) is 5.56 Å². The maximum Gasteiger partial charge on any atom is 0.0501 e. The van der Waals surface area contributed by atoms with Crippen molar-refractivity contribution in [3.05, 3.63) is 35.9 Å². The van der Waals surface area contributed by atoms with E-state index in [1.165, 1.54) is 5.56 Å². The molecule has 13 heavy (non-hydrogen) atoms. The van der Waals surface area contributed by atoms with Crippen LogP contribution in [0.2, 0.25) is 0 Å². The molecule has 2 heteroatoms. The summed E-state index contributed by atoms with van der Waals surface area (Å²) in [7, 11) is 6.30. The number of nitrogens with zero attached hydrogens (tertiary/aromatic N) is 2. The molecule has 0 heterocycles. The van der Waals surface area contributed by atoms with E-state index in [1.54, 1.807) is 0 Å². The number of benzene rings is 1. The van der Waals surface area contributed by atoms with Crippen molar-refractivity contribution in [3.63, 3.8) is 0 Å². The number of hydrogen-bond donors (Lipinski definition) is 0. The predicted octanol–water partition coefficient (Wildman–Crippen LogP) is 1.64. The lowest BCUT2D eigenvalue weighted by Gasteiger charge is -2.20. The van der Waals surface area contributed by atoms with E-state index in [0.29, 0.717) is 0 Å². The van der Waals surface area contributed by atoms with Crippen LogP contribution in [0.5, 0.6) is 0 Å². The molecule has 1 rings (SSSR count). The molecule has 0 amide bonds. The van der Waals surface area contributed by atoms with Gasteiger partial charge in [0.2, 0.25) is 0 Å². The van der Waals surface area contributed by atoms with E-state index in [2.05, 4.69) is 61.3 Å². The van der Waals surface area contributed by atoms with Crippen LogP contribution < -0.4 is 0 Å². The topological polar surface area (TPSA) is 6.48 Å². The lowest BCUT2D eigenvalue weighted by molar-refractivity contribution is 0.204. The normalized spacial score (nSPS) is 11.2. The average Bonchev–Trinajstić information content (AvgIpc) is 2.04. The monoisotopic (exact) mass is 178 g/mol. The summed E-state index contributed by atoms with van der Waals surface area (Å²) in [5.74, 6) is 0. The Labute approximate surface area is 80.8 Å². The third-order valence-electron chi connectivity index (χ3n) is 1.82. The zero-order valence-corrected chi connectivity index (χ0v) is 8.70. The number of rotatable bonds is 4. The van der Waals surface area contributed by atoms with E-state index in [4.69, 9.17) is 0 Å². The molecule has 0 bridgehead atoms. The van der Waals surface area contributed by atoms with Gasteiger partial charge in [-0.15, -0.1) is 0 Å². The summed E-state index contributed by atoms with van der Waals surface area (Å²) in [6.07, 6.45) is 0. The highest BCUT2D eigenvalue weighted by molar-refractivity contribution is 5.14. The molecule has 1 aromatic carbocycles. The standard InChI is InChI=1S/C11H18N2/c1-12(2)10-13(3)9-11-7-5-4-6-8-11/h4-8H,9-10H2,1-3H3. The van der Waals surface area contributed by atoms with Crippen molar-refractivity contribution in [2.24, 2.45) is 0 Å². The Morgan fingerprint density at radius 2 is 1.62 bits per heavy atom. The molecule has 0 fully saturated rings. The van der Waals surface area contributed by atoms with Gasteiger partial charge in [-0.25, -0.2) is 0 Å². The zero-order valence-electron chi connectivity index (χ0n) is 8.70. The summed E-state index contributed by atoms with van der Waals surface area (Å²) >= 11 is 0. The fourth-order valence-electron chi connectivity index (χ4n) is 1.43. The van der Waals surface area contributed by atoms with Gasteiger partial charge >= 0.3 is 0 Å². The van der Waals surface area contributed by atoms with Gasteiger partial charge in [0.25, 0.3) is 0 Å². The fraction of sp³-hybridized carbons (Fsp3) is 0.455. The summed E-state index contributed by atoms with van der Waals surface area (Å²) in [4.78, 5) is 4.46. The number of hydrogen-bond acceptors (Lipinski definition) is 2. The summed E-state index contributed by atoms with van der Waals surface area (Å²) < 4.78 is 0. The van der Waals surface area contributed by atoms with Gasteiger partial charge in [0.05, 0.1) is 6.67 Å². The van der Waals surface area contributed by atoms with E-state index < -0.39 is 0 Å². The van der Waals surface area contributed by atoms with Crippen LogP contribution in [0.3, 0.4) is 0 Å². The SMILES string of the molecule is CN(C)CN(C)Cc1ccccc1. The molecule has 0 aliphatic rings. The van der Waals surface area contributed by atoms with Gasteiger partial charge in [-0.05, 0) is 26.7 Å². The van der Waals surface area contributed by atoms with Crippen LogP contribution in [0.25, 0.3) is 0 Å². The van der Waals surface area contributed by atoms with Crippen LogP contribution in [-0.4, -0.2) is 37.6 Å². The van der Waals surface area contributed by atoms with Crippen molar-refractivity contribution in [3.8, 4) is 0 Å². The zero-order chi connectivity index (χ0) is 9.68. The third kappa shape index (κ3) is 4.06. The second kappa shape index (κ2) is 5.00. The van der Waals surface area contributed by atoms with Crippen molar-refractivity contribution in [1.29, 1.82) is 0 Å². The van der Waals surface area contributed by atoms with E-state index in [-0.39, 0.29) is 0 Å². The van der Waals surface area contributed by atoms with Crippen molar-refractivity contribution in [2.45, 2.75) is 6.54 Å². The van der Waals surface area contributed by atoms with E-state index in [0.717, 1.165) is 13.2 Å². The molecule has 1 aromatic rings. The molecule has 0 atom stereocenters. The van der Waals surface area contributed by atoms with Gasteiger partial charge < -0.3 is 0 Å². The average molecular weight is 178 g/mol. The summed E-state index contributed by atoms with van der Waals surface area (Å²) in [5, 5.41) is 0. The van der Waals surface area contributed by atoms with Crippen molar-refractivity contribution in [1.82, 2.24) is 9.80 Å². The van der Waals surface area contributed by atoms with Gasteiger partial charge in [0.1, 0.15) is 0 Å². The Morgan fingerprint density at radius 1 is 1.00 bits per heavy atom. The van der Waals surface area contributed by atoms with Crippen LogP contribution in [0, 0.1) is 0 Å². The lowest BCUT2D eigenvalue weighted by Crippen LogP contribution is -2.29. The van der Waals surface area contributed by atoms with E-state index >= 15 is 0 Å². The van der Waals surface area contributed by atoms with Crippen LogP contribution in [0.15, 0.2) is 30.3 Å². The smallest absolute Gasteiger partial charge is 0.0501 e. The highest BCUT2D eigenvalue weighted by Gasteiger charge is 1.99. The molecule has 0 saturated heterocycles. The Hall–Kier alpha value is -0.860. The molecule has 2 nitrogen and oxygen atoms in total. The lowest BCUT2D eigenvalue weighted by atomic mass is 10.2. The quantitative estimate of drug-likeness (QED) is 0.647. The molecule has 0 unspecified atom stereocenters. The minimum Gasteiger partial charge on any atom is -0.297 e. The van der Waals surface area contributed by atoms with E-state index in [1.807, 2.05) is 0 Å². The summed E-state index contributed by atoms with van der Waals surface area (Å²) in [6.45, 7) is 2.01. The first-order valence-electron chi connectivity index (χ1n) is 4.55. The van der Waals surface area contributed by atoms with Gasteiger partial charge in [0, 0.05) is 6.54 Å². The van der Waals surface area contributed by atoms with Gasteiger partial charge in [-0.2, -0.15) is 0 Å². The molecule has 0 radical (unpaired) electrons. The summed E-state index contributed by atoms with van der Waals surface area (Å²) in [5.41, 5.74) is 1.37. The molecule has 0 aliphatic heterocycles. The largest absolute Gasteiger partial charge is 0.297 e. The third-order valence-corrected chi connectivity index (χ3v) is 1.82. The van der Waals surface area contributed by atoms with Crippen molar-refractivity contribution < 1.29 is 0 Å². The maximum absolute atomic E-state index is 2.29. The van der Waals surface area contributed by atoms with Crippen molar-refractivity contribution in [2.75, 3.05) is 27.8 Å². The molecule has 0 aliphatic carbocycles. The maximum atomic E-state index is 2.29.